The highest BCUT2D eigenvalue weighted by molar-refractivity contribution is 7.88. The van der Waals surface area contributed by atoms with E-state index in [9.17, 15) is 0 Å². The summed E-state index contributed by atoms with van der Waals surface area (Å²) in [6, 6.07) is 0. The molecule has 1 N–H and O–H groups in total. The average molecular weight is 164 g/mol. The van der Waals surface area contributed by atoms with Gasteiger partial charge in [-0.2, -0.15) is 0 Å². The SMILES string of the molecule is OCOCCC(=S)C=S. The topological polar surface area (TPSA) is 29.5 Å². The van der Waals surface area contributed by atoms with E-state index in [1.807, 2.05) is 0 Å². The maximum absolute atomic E-state index is 8.15. The third-order valence-corrected chi connectivity index (χ3v) is 1.47. The lowest BCUT2D eigenvalue weighted by atomic mass is 10.4. The second-order valence-electron chi connectivity index (χ2n) is 1.37. The van der Waals surface area contributed by atoms with E-state index in [2.05, 4.69) is 17.0 Å². The fourth-order valence-corrected chi connectivity index (χ4v) is 0.497. The molecule has 0 aromatic heterocycles. The van der Waals surface area contributed by atoms with E-state index in [-0.39, 0.29) is 6.79 Å². The third-order valence-electron chi connectivity index (χ3n) is 0.716. The van der Waals surface area contributed by atoms with Crippen LogP contribution in [-0.2, 0) is 4.74 Å². The summed E-state index contributed by atoms with van der Waals surface area (Å²) in [5, 5.41) is 9.59. The van der Waals surface area contributed by atoms with Crippen molar-refractivity contribution in [2.75, 3.05) is 13.4 Å². The van der Waals surface area contributed by atoms with Gasteiger partial charge in [-0.25, -0.2) is 0 Å². The van der Waals surface area contributed by atoms with Crippen LogP contribution < -0.4 is 0 Å². The first-order valence-corrected chi connectivity index (χ1v) is 3.36. The molecule has 4 heteroatoms. The number of hydrogen-bond acceptors (Lipinski definition) is 4. The molecule has 0 spiro atoms. The zero-order valence-corrected chi connectivity index (χ0v) is 6.50. The Morgan fingerprint density at radius 3 is 2.78 bits per heavy atom. The van der Waals surface area contributed by atoms with Crippen LogP contribution in [0.5, 0.6) is 0 Å². The summed E-state index contributed by atoms with van der Waals surface area (Å²) in [6.07, 6.45) is 0.624. The van der Waals surface area contributed by atoms with Crippen LogP contribution in [0.15, 0.2) is 0 Å². The van der Waals surface area contributed by atoms with Crippen LogP contribution in [0.2, 0.25) is 0 Å². The minimum atomic E-state index is -0.250. The Morgan fingerprint density at radius 2 is 2.33 bits per heavy atom. The van der Waals surface area contributed by atoms with Gasteiger partial charge >= 0.3 is 0 Å². The number of thiocarbonyl (C=S) groups is 2. The van der Waals surface area contributed by atoms with Crippen molar-refractivity contribution in [2.45, 2.75) is 6.42 Å². The molecule has 0 fully saturated rings. The second kappa shape index (κ2) is 6.22. The normalized spacial score (nSPS) is 9.00. The maximum Gasteiger partial charge on any atom is 0.143 e. The van der Waals surface area contributed by atoms with Gasteiger partial charge in [-0.05, 0) is 0 Å². The van der Waals surface area contributed by atoms with E-state index >= 15 is 0 Å². The Kier molecular flexibility index (Phi) is 6.29. The van der Waals surface area contributed by atoms with Crippen LogP contribution in [0.1, 0.15) is 6.42 Å². The molecule has 0 radical (unpaired) electrons. The second-order valence-corrected chi connectivity index (χ2v) is 2.13. The molecule has 0 saturated carbocycles. The maximum atomic E-state index is 8.15. The molecule has 0 bridgehead atoms. The van der Waals surface area contributed by atoms with Crippen LogP contribution in [0.3, 0.4) is 0 Å². The van der Waals surface area contributed by atoms with Crippen LogP contribution in [-0.4, -0.2) is 28.7 Å². The third kappa shape index (κ3) is 5.98. The van der Waals surface area contributed by atoms with Gasteiger partial charge in [-0.3, -0.25) is 0 Å². The van der Waals surface area contributed by atoms with Crippen LogP contribution in [0, 0.1) is 0 Å². The van der Waals surface area contributed by atoms with Crippen molar-refractivity contribution in [2.24, 2.45) is 0 Å². The Hall–Kier alpha value is 0.100. The lowest BCUT2D eigenvalue weighted by Crippen LogP contribution is -2.02. The predicted octanol–water partition coefficient (Wildman–Crippen LogP) is 0.712. The Balaban J connectivity index is 3.07. The standard InChI is InChI=1S/C5H8O2S2/c6-4-7-2-1-5(9)3-8/h3,6H,1-2,4H2. The van der Waals surface area contributed by atoms with E-state index in [4.69, 9.17) is 17.3 Å². The predicted molar refractivity (Wildman–Crippen MR) is 43.9 cm³/mol. The molecule has 0 aliphatic carbocycles. The zero-order chi connectivity index (χ0) is 7.11. The molecular formula is C5H8O2S2. The average Bonchev–Trinajstić information content (AvgIpc) is 1.89. The number of rotatable bonds is 5. The molecule has 0 aromatic rings. The van der Waals surface area contributed by atoms with Crippen molar-refractivity contribution in [1.29, 1.82) is 0 Å². The van der Waals surface area contributed by atoms with Crippen molar-refractivity contribution in [3.8, 4) is 0 Å². The quantitative estimate of drug-likeness (QED) is 0.368. The van der Waals surface area contributed by atoms with Crippen LogP contribution in [0.25, 0.3) is 0 Å². The van der Waals surface area contributed by atoms with E-state index in [1.54, 1.807) is 0 Å². The van der Waals surface area contributed by atoms with Crippen molar-refractivity contribution >= 4 is 34.7 Å². The first-order chi connectivity index (χ1) is 4.31. The molecule has 52 valence electrons. The Labute approximate surface area is 64.8 Å². The van der Waals surface area contributed by atoms with E-state index in [1.165, 1.54) is 5.37 Å². The van der Waals surface area contributed by atoms with Gasteiger partial charge in [0.25, 0.3) is 0 Å². The van der Waals surface area contributed by atoms with Gasteiger partial charge in [-0.15, -0.1) is 0 Å². The van der Waals surface area contributed by atoms with Gasteiger partial charge in [0.2, 0.25) is 0 Å². The summed E-state index contributed by atoms with van der Waals surface area (Å²) in [7, 11) is 0. The lowest BCUT2D eigenvalue weighted by molar-refractivity contribution is 0.00241. The number of aliphatic hydroxyl groups is 1. The molecule has 0 aromatic carbocycles. The molecule has 0 heterocycles. The van der Waals surface area contributed by atoms with Crippen molar-refractivity contribution in [3.05, 3.63) is 0 Å². The molecule has 0 aliphatic rings. The molecule has 0 unspecified atom stereocenters. The molecule has 0 aliphatic heterocycles. The van der Waals surface area contributed by atoms with Crippen molar-refractivity contribution in [3.63, 3.8) is 0 Å². The fraction of sp³-hybridized carbons (Fsp3) is 0.600. The first-order valence-electron chi connectivity index (χ1n) is 2.48. The molecule has 0 rings (SSSR count). The van der Waals surface area contributed by atoms with Crippen molar-refractivity contribution in [1.82, 2.24) is 0 Å². The minimum Gasteiger partial charge on any atom is -0.371 e. The monoisotopic (exact) mass is 164 g/mol. The van der Waals surface area contributed by atoms with Crippen molar-refractivity contribution < 1.29 is 9.84 Å². The van der Waals surface area contributed by atoms with Gasteiger partial charge in [0.1, 0.15) is 6.79 Å². The number of aliphatic hydroxyl groups excluding tert-OH is 1. The summed E-state index contributed by atoms with van der Waals surface area (Å²) < 4.78 is 4.61. The summed E-state index contributed by atoms with van der Waals surface area (Å²) in [4.78, 5) is 0.693. The van der Waals surface area contributed by atoms with E-state index < -0.39 is 0 Å². The number of hydrogen-bond donors (Lipinski definition) is 1. The Bertz CT molecular complexity index is 103. The van der Waals surface area contributed by atoms with Gasteiger partial charge in [0.15, 0.2) is 0 Å². The van der Waals surface area contributed by atoms with Gasteiger partial charge < -0.3 is 9.84 Å². The van der Waals surface area contributed by atoms with E-state index in [0.717, 1.165) is 0 Å². The molecule has 9 heavy (non-hydrogen) atoms. The van der Waals surface area contributed by atoms with E-state index in [0.29, 0.717) is 17.9 Å². The molecule has 0 amide bonds. The minimum absolute atomic E-state index is 0.250. The molecule has 0 atom stereocenters. The summed E-state index contributed by atoms with van der Waals surface area (Å²) >= 11 is 9.29. The highest BCUT2D eigenvalue weighted by atomic mass is 32.1. The largest absolute Gasteiger partial charge is 0.371 e. The summed E-state index contributed by atoms with van der Waals surface area (Å²) in [6.45, 7) is 0.197. The Morgan fingerprint density at radius 1 is 1.67 bits per heavy atom. The van der Waals surface area contributed by atoms with Gasteiger partial charge in [-0.1, -0.05) is 24.4 Å². The summed E-state index contributed by atoms with van der Waals surface area (Å²) in [5.41, 5.74) is 0. The highest BCUT2D eigenvalue weighted by Crippen LogP contribution is 1.84. The zero-order valence-electron chi connectivity index (χ0n) is 4.87. The number of ether oxygens (including phenoxy) is 1. The van der Waals surface area contributed by atoms with Gasteiger partial charge in [0.05, 0.1) is 6.61 Å². The van der Waals surface area contributed by atoms with Gasteiger partial charge in [0, 0.05) is 16.7 Å². The summed E-state index contributed by atoms with van der Waals surface area (Å²) in [5.74, 6) is 0. The van der Waals surface area contributed by atoms with Crippen LogP contribution >= 0.6 is 24.4 Å². The molecular weight excluding hydrogens is 156 g/mol. The lowest BCUT2D eigenvalue weighted by Gasteiger charge is -1.96. The fourth-order valence-electron chi connectivity index (χ4n) is 0.296. The molecule has 2 nitrogen and oxygen atoms in total. The highest BCUT2D eigenvalue weighted by Gasteiger charge is 1.89. The first kappa shape index (κ1) is 9.10. The molecule has 0 saturated heterocycles. The van der Waals surface area contributed by atoms with Crippen LogP contribution in [0.4, 0.5) is 0 Å². The smallest absolute Gasteiger partial charge is 0.143 e.